The highest BCUT2D eigenvalue weighted by Gasteiger charge is 2.42. The first-order chi connectivity index (χ1) is 12.1. The summed E-state index contributed by atoms with van der Waals surface area (Å²) in [6.45, 7) is 2.92. The number of carboxylic acids is 1. The average Bonchev–Trinajstić information content (AvgIpc) is 2.64. The molecule has 0 bridgehead atoms. The van der Waals surface area contributed by atoms with Gasteiger partial charge in [0.15, 0.2) is 5.60 Å². The Morgan fingerprint density at radius 1 is 1.32 bits per heavy atom. The molecule has 2 rings (SSSR count). The number of nitrogens with one attached hydrogen (secondary N) is 1. The van der Waals surface area contributed by atoms with Crippen LogP contribution in [0.5, 0.6) is 0 Å². The van der Waals surface area contributed by atoms with Gasteiger partial charge in [-0.2, -0.15) is 0 Å². The molecule has 0 radical (unpaired) electrons. The number of carbonyl (C=O) groups excluding carboxylic acids is 1. The molecule has 2 N–H and O–H groups in total. The number of allylic oxidation sites excluding steroid dienone is 1. The Morgan fingerprint density at radius 2 is 2.00 bits per heavy atom. The second-order valence-electron chi connectivity index (χ2n) is 6.05. The fraction of sp³-hybridized carbons (Fsp3) is 0.474. The lowest BCUT2D eigenvalue weighted by molar-refractivity contribution is -0.165. The Hall–Kier alpha value is -2.18. The summed E-state index contributed by atoms with van der Waals surface area (Å²) in [6.07, 6.45) is 4.53. The third kappa shape index (κ3) is 5.41. The van der Waals surface area contributed by atoms with Crippen LogP contribution in [0.25, 0.3) is 0 Å². The number of hydrogen-bond acceptors (Lipinski definition) is 4. The first-order valence-corrected chi connectivity index (χ1v) is 8.48. The van der Waals surface area contributed by atoms with Crippen LogP contribution >= 0.6 is 0 Å². The number of hydrogen-bond donors (Lipinski definition) is 2. The molecule has 0 aliphatic carbocycles. The van der Waals surface area contributed by atoms with Gasteiger partial charge in [-0.25, -0.2) is 4.79 Å². The van der Waals surface area contributed by atoms with Crippen LogP contribution < -0.4 is 5.32 Å². The van der Waals surface area contributed by atoms with Gasteiger partial charge in [0, 0.05) is 26.1 Å². The van der Waals surface area contributed by atoms with E-state index < -0.39 is 17.6 Å². The molecule has 0 aromatic heterocycles. The zero-order chi connectivity index (χ0) is 18.1. The van der Waals surface area contributed by atoms with Gasteiger partial charge >= 0.3 is 5.97 Å². The van der Waals surface area contributed by atoms with E-state index >= 15 is 0 Å². The topological polar surface area (TPSA) is 84.9 Å². The van der Waals surface area contributed by atoms with E-state index in [1.807, 2.05) is 37.3 Å². The maximum absolute atomic E-state index is 12.8. The average molecular weight is 347 g/mol. The predicted molar refractivity (Wildman–Crippen MR) is 93.0 cm³/mol. The Kier molecular flexibility index (Phi) is 7.16. The van der Waals surface area contributed by atoms with E-state index in [1.54, 1.807) is 12.2 Å². The van der Waals surface area contributed by atoms with Gasteiger partial charge in [0.1, 0.15) is 6.04 Å². The van der Waals surface area contributed by atoms with Gasteiger partial charge in [0.2, 0.25) is 0 Å². The summed E-state index contributed by atoms with van der Waals surface area (Å²) < 4.78 is 11.4. The monoisotopic (exact) mass is 347 g/mol. The molecular weight excluding hydrogens is 322 g/mol. The van der Waals surface area contributed by atoms with Crippen molar-refractivity contribution in [2.75, 3.05) is 13.2 Å². The fourth-order valence-corrected chi connectivity index (χ4v) is 2.72. The van der Waals surface area contributed by atoms with E-state index in [0.717, 1.165) is 5.56 Å². The standard InChI is InChI=1S/C19H25NO5/c1-2-3-9-16(17(21)22)20-18(23)19(10-12-24-13-11-19)25-14-15-7-5-4-6-8-15/h2-8,16H,9-14H2,1H3,(H,20,23)(H,21,22)/b3-2+. The molecule has 1 heterocycles. The zero-order valence-corrected chi connectivity index (χ0v) is 14.4. The molecule has 25 heavy (non-hydrogen) atoms. The molecule has 6 nitrogen and oxygen atoms in total. The molecule has 0 saturated carbocycles. The Labute approximate surface area is 147 Å². The van der Waals surface area contributed by atoms with Crippen LogP contribution in [0.15, 0.2) is 42.5 Å². The highest BCUT2D eigenvalue weighted by Crippen LogP contribution is 2.27. The molecule has 1 aliphatic rings. The third-order valence-electron chi connectivity index (χ3n) is 4.28. The maximum atomic E-state index is 12.8. The number of ether oxygens (including phenoxy) is 2. The van der Waals surface area contributed by atoms with E-state index in [2.05, 4.69) is 5.32 Å². The summed E-state index contributed by atoms with van der Waals surface area (Å²) in [6, 6.07) is 8.62. The summed E-state index contributed by atoms with van der Waals surface area (Å²) in [4.78, 5) is 24.2. The van der Waals surface area contributed by atoms with Crippen molar-refractivity contribution in [3.8, 4) is 0 Å². The number of carbonyl (C=O) groups is 2. The number of carboxylic acid groups (broad SMARTS) is 1. The van der Waals surface area contributed by atoms with Gasteiger partial charge < -0.3 is 19.9 Å². The van der Waals surface area contributed by atoms with Crippen molar-refractivity contribution in [1.29, 1.82) is 0 Å². The lowest BCUT2D eigenvalue weighted by Gasteiger charge is -2.36. The highest BCUT2D eigenvalue weighted by molar-refractivity contribution is 5.89. The van der Waals surface area contributed by atoms with E-state index in [4.69, 9.17) is 9.47 Å². The number of benzene rings is 1. The van der Waals surface area contributed by atoms with Gasteiger partial charge in [-0.1, -0.05) is 42.5 Å². The summed E-state index contributed by atoms with van der Waals surface area (Å²) in [5, 5.41) is 12.0. The van der Waals surface area contributed by atoms with Crippen molar-refractivity contribution in [3.63, 3.8) is 0 Å². The first-order valence-electron chi connectivity index (χ1n) is 8.48. The second kappa shape index (κ2) is 9.34. The number of rotatable bonds is 8. The summed E-state index contributed by atoms with van der Waals surface area (Å²) >= 11 is 0. The smallest absolute Gasteiger partial charge is 0.326 e. The van der Waals surface area contributed by atoms with Gasteiger partial charge in [-0.3, -0.25) is 4.79 Å². The van der Waals surface area contributed by atoms with E-state index in [-0.39, 0.29) is 12.3 Å². The van der Waals surface area contributed by atoms with Crippen molar-refractivity contribution >= 4 is 11.9 Å². The molecule has 1 unspecified atom stereocenters. The zero-order valence-electron chi connectivity index (χ0n) is 14.4. The van der Waals surface area contributed by atoms with Crippen LogP contribution in [0.3, 0.4) is 0 Å². The van der Waals surface area contributed by atoms with Crippen LogP contribution in [0.4, 0.5) is 0 Å². The summed E-state index contributed by atoms with van der Waals surface area (Å²) in [5.74, 6) is -1.44. The normalized spacial score (nSPS) is 18.0. The van der Waals surface area contributed by atoms with Gasteiger partial charge in [0.05, 0.1) is 6.61 Å². The molecule has 1 saturated heterocycles. The minimum atomic E-state index is -1.06. The minimum absolute atomic E-state index is 0.239. The summed E-state index contributed by atoms with van der Waals surface area (Å²) in [7, 11) is 0. The molecule has 1 atom stereocenters. The molecule has 136 valence electrons. The maximum Gasteiger partial charge on any atom is 0.326 e. The van der Waals surface area contributed by atoms with Crippen LogP contribution in [0.2, 0.25) is 0 Å². The van der Waals surface area contributed by atoms with E-state index in [0.29, 0.717) is 32.7 Å². The van der Waals surface area contributed by atoms with Crippen LogP contribution in [-0.4, -0.2) is 41.8 Å². The Morgan fingerprint density at radius 3 is 2.60 bits per heavy atom. The fourth-order valence-electron chi connectivity index (χ4n) is 2.72. The predicted octanol–water partition coefficient (Wildman–Crippen LogP) is 2.29. The van der Waals surface area contributed by atoms with E-state index in [9.17, 15) is 14.7 Å². The van der Waals surface area contributed by atoms with Crippen LogP contribution in [0.1, 0.15) is 31.7 Å². The summed E-state index contributed by atoms with van der Waals surface area (Å²) in [5.41, 5.74) is -0.0950. The van der Waals surface area contributed by atoms with Gasteiger partial charge in [0.25, 0.3) is 5.91 Å². The van der Waals surface area contributed by atoms with Crippen molar-refractivity contribution in [3.05, 3.63) is 48.0 Å². The van der Waals surface area contributed by atoms with Gasteiger partial charge in [-0.05, 0) is 18.9 Å². The van der Waals surface area contributed by atoms with Gasteiger partial charge in [-0.15, -0.1) is 0 Å². The SMILES string of the molecule is C/C=C/CC(NC(=O)C1(OCc2ccccc2)CCOCC1)C(=O)O. The highest BCUT2D eigenvalue weighted by atomic mass is 16.5. The molecular formula is C19H25NO5. The van der Waals surface area contributed by atoms with Crippen molar-refractivity contribution in [2.24, 2.45) is 0 Å². The molecule has 1 aromatic carbocycles. The second-order valence-corrected chi connectivity index (χ2v) is 6.05. The quantitative estimate of drug-likeness (QED) is 0.705. The third-order valence-corrected chi connectivity index (χ3v) is 4.28. The molecule has 1 amide bonds. The van der Waals surface area contributed by atoms with Crippen molar-refractivity contribution < 1.29 is 24.2 Å². The van der Waals surface area contributed by atoms with Crippen LogP contribution in [-0.2, 0) is 25.7 Å². The molecule has 1 fully saturated rings. The Bertz CT molecular complexity index is 593. The number of aliphatic carboxylic acids is 1. The lowest BCUT2D eigenvalue weighted by atomic mass is 9.92. The van der Waals surface area contributed by atoms with Crippen molar-refractivity contribution in [1.82, 2.24) is 5.32 Å². The molecule has 6 heteroatoms. The molecule has 1 aliphatic heterocycles. The first kappa shape index (κ1) is 19.1. The number of amides is 1. The Balaban J connectivity index is 2.08. The van der Waals surface area contributed by atoms with Crippen molar-refractivity contribution in [2.45, 2.75) is 44.4 Å². The largest absolute Gasteiger partial charge is 0.480 e. The molecule has 0 spiro atoms. The lowest BCUT2D eigenvalue weighted by Crippen LogP contribution is -2.55. The molecule has 1 aromatic rings. The minimum Gasteiger partial charge on any atom is -0.480 e. The van der Waals surface area contributed by atoms with E-state index in [1.165, 1.54) is 0 Å². The van der Waals surface area contributed by atoms with Crippen LogP contribution in [0, 0.1) is 0 Å².